The zero-order chi connectivity index (χ0) is 20.4. The molecule has 0 saturated carbocycles. The van der Waals surface area contributed by atoms with E-state index in [1.165, 1.54) is 4.90 Å². The van der Waals surface area contributed by atoms with E-state index >= 15 is 0 Å². The van der Waals surface area contributed by atoms with Gasteiger partial charge in [-0.25, -0.2) is 23.8 Å². The molecule has 0 unspecified atom stereocenters. The lowest BCUT2D eigenvalue weighted by molar-refractivity contribution is -0.157. The molecule has 0 spiro atoms. The minimum atomic E-state index is -1.63. The number of cyclic esters (lactones) is 1. The number of carboxylic acid groups (broad SMARTS) is 1. The van der Waals surface area contributed by atoms with Gasteiger partial charge in [-0.3, -0.25) is 14.7 Å². The molecule has 4 N–H and O–H groups in total. The van der Waals surface area contributed by atoms with Crippen LogP contribution in [0.4, 0.5) is 25.0 Å². The highest BCUT2D eigenvalue weighted by molar-refractivity contribution is 6.31. The van der Waals surface area contributed by atoms with Crippen molar-refractivity contribution < 1.29 is 33.0 Å². The van der Waals surface area contributed by atoms with Gasteiger partial charge in [-0.15, -0.1) is 0 Å². The van der Waals surface area contributed by atoms with Crippen LogP contribution in [0.3, 0.4) is 0 Å². The van der Waals surface area contributed by atoms with Gasteiger partial charge < -0.3 is 20.5 Å². The van der Waals surface area contributed by atoms with E-state index in [4.69, 9.17) is 15.6 Å². The number of hydrazine groups is 1. The number of halogens is 2. The van der Waals surface area contributed by atoms with Crippen molar-refractivity contribution in [2.75, 3.05) is 49.1 Å². The van der Waals surface area contributed by atoms with Crippen molar-refractivity contribution in [1.29, 1.82) is 0 Å². The molecule has 28 heavy (non-hydrogen) atoms. The Labute approximate surface area is 158 Å². The van der Waals surface area contributed by atoms with Crippen LogP contribution in [0.5, 0.6) is 0 Å². The van der Waals surface area contributed by atoms with Gasteiger partial charge in [0, 0.05) is 38.3 Å². The summed E-state index contributed by atoms with van der Waals surface area (Å²) in [5.74, 6) is -4.56. The molecule has 2 saturated heterocycles. The van der Waals surface area contributed by atoms with Crippen LogP contribution in [-0.4, -0.2) is 73.5 Å². The molecule has 0 aliphatic carbocycles. The molecule has 152 valence electrons. The number of carboxylic acids is 1. The molecule has 2 aliphatic heterocycles. The highest BCUT2D eigenvalue weighted by Gasteiger charge is 2.33. The van der Waals surface area contributed by atoms with Gasteiger partial charge >= 0.3 is 18.0 Å². The number of carbonyl (C=O) groups excluding carboxylic acids is 2. The molecule has 0 radical (unpaired) electrons. The summed E-state index contributed by atoms with van der Waals surface area (Å²) in [4.78, 5) is 36.6. The molecule has 0 aromatic heterocycles. The lowest BCUT2D eigenvalue weighted by Gasteiger charge is -2.24. The van der Waals surface area contributed by atoms with Crippen molar-refractivity contribution in [3.8, 4) is 0 Å². The fraction of sp³-hybridized carbons (Fsp3) is 0.438. The second kappa shape index (κ2) is 7.94. The van der Waals surface area contributed by atoms with Crippen molar-refractivity contribution in [3.63, 3.8) is 0 Å². The molecule has 12 heteroatoms. The van der Waals surface area contributed by atoms with Crippen LogP contribution in [0.2, 0.25) is 0 Å². The normalized spacial score (nSPS) is 20.2. The van der Waals surface area contributed by atoms with Gasteiger partial charge in [-0.05, 0) is 0 Å². The van der Waals surface area contributed by atoms with Gasteiger partial charge in [0.1, 0.15) is 11.8 Å². The predicted molar refractivity (Wildman–Crippen MR) is 92.6 cm³/mol. The standard InChI is InChI=1S/C16H19F2N5O5/c17-11-5-9(22-8-10(7-19)28-16(22)27)6-12(18)13(11)21-2-1-20-23(4-3-21)14(24)15(25)26/h5-6,10,20H,1-4,7-8,19H2,(H,25,26)/t10-/m0/s1. The quantitative estimate of drug-likeness (QED) is 0.580. The second-order valence-corrected chi connectivity index (χ2v) is 6.27. The highest BCUT2D eigenvalue weighted by Crippen LogP contribution is 2.31. The maximum atomic E-state index is 14.7. The van der Waals surface area contributed by atoms with E-state index in [-0.39, 0.29) is 50.6 Å². The Morgan fingerprint density at radius 3 is 2.50 bits per heavy atom. The number of rotatable bonds is 3. The number of ether oxygens (including phenoxy) is 1. The van der Waals surface area contributed by atoms with Gasteiger partial charge in [0.25, 0.3) is 0 Å². The van der Waals surface area contributed by atoms with E-state index in [0.717, 1.165) is 22.0 Å². The fourth-order valence-electron chi connectivity index (χ4n) is 3.11. The average Bonchev–Trinajstić information content (AvgIpc) is 2.86. The average molecular weight is 399 g/mol. The SMILES string of the molecule is NC[C@H]1CN(c2cc(F)c(N3CCNN(C(=O)C(=O)O)CC3)c(F)c2)C(=O)O1. The molecule has 2 heterocycles. The van der Waals surface area contributed by atoms with Crippen molar-refractivity contribution >= 4 is 29.3 Å². The Bertz CT molecular complexity index is 785. The predicted octanol–water partition coefficient (Wildman–Crippen LogP) is -0.513. The topological polar surface area (TPSA) is 128 Å². The number of benzene rings is 1. The van der Waals surface area contributed by atoms with Gasteiger partial charge in [0.2, 0.25) is 0 Å². The van der Waals surface area contributed by atoms with E-state index in [0.29, 0.717) is 0 Å². The van der Waals surface area contributed by atoms with Crippen LogP contribution >= 0.6 is 0 Å². The maximum absolute atomic E-state index is 14.7. The first-order chi connectivity index (χ1) is 13.3. The molecule has 2 aliphatic rings. The van der Waals surface area contributed by atoms with Crippen LogP contribution in [0, 0.1) is 11.6 Å². The summed E-state index contributed by atoms with van der Waals surface area (Å²) in [6.07, 6.45) is -1.28. The number of anilines is 2. The first kappa shape index (κ1) is 19.8. The summed E-state index contributed by atoms with van der Waals surface area (Å²) < 4.78 is 34.4. The minimum absolute atomic E-state index is 0.00956. The van der Waals surface area contributed by atoms with Crippen molar-refractivity contribution in [3.05, 3.63) is 23.8 Å². The smallest absolute Gasteiger partial charge is 0.414 e. The molecule has 1 aromatic carbocycles. The Balaban J connectivity index is 1.79. The molecule has 10 nitrogen and oxygen atoms in total. The molecular weight excluding hydrogens is 380 g/mol. The van der Waals surface area contributed by atoms with E-state index in [9.17, 15) is 23.2 Å². The third kappa shape index (κ3) is 3.82. The molecule has 1 aromatic rings. The Hall–Kier alpha value is -2.99. The van der Waals surface area contributed by atoms with Crippen molar-refractivity contribution in [1.82, 2.24) is 10.4 Å². The molecule has 0 bridgehead atoms. The lowest BCUT2D eigenvalue weighted by Crippen LogP contribution is -2.46. The van der Waals surface area contributed by atoms with Crippen molar-refractivity contribution in [2.45, 2.75) is 6.10 Å². The summed E-state index contributed by atoms with van der Waals surface area (Å²) in [6, 6.07) is 2.05. The van der Waals surface area contributed by atoms with Crippen LogP contribution < -0.4 is 21.0 Å². The highest BCUT2D eigenvalue weighted by atomic mass is 19.1. The van der Waals surface area contributed by atoms with E-state index in [1.54, 1.807) is 0 Å². The van der Waals surface area contributed by atoms with E-state index in [2.05, 4.69) is 5.43 Å². The van der Waals surface area contributed by atoms with Crippen molar-refractivity contribution in [2.24, 2.45) is 5.73 Å². The number of amides is 2. The molecule has 3 rings (SSSR count). The van der Waals surface area contributed by atoms with Crippen LogP contribution in [0.25, 0.3) is 0 Å². The first-order valence-corrected chi connectivity index (χ1v) is 8.52. The number of carbonyl (C=O) groups is 3. The largest absolute Gasteiger partial charge is 0.474 e. The minimum Gasteiger partial charge on any atom is -0.474 e. The molecule has 2 amide bonds. The summed E-state index contributed by atoms with van der Waals surface area (Å²) in [6.45, 7) is 0.363. The molecule has 2 fully saturated rings. The van der Waals surface area contributed by atoms with Gasteiger partial charge in [-0.1, -0.05) is 0 Å². The van der Waals surface area contributed by atoms with Gasteiger partial charge in [-0.2, -0.15) is 0 Å². The molecule has 1 atom stereocenters. The van der Waals surface area contributed by atoms with Crippen LogP contribution in [-0.2, 0) is 14.3 Å². The summed E-state index contributed by atoms with van der Waals surface area (Å²) in [5.41, 5.74) is 7.75. The maximum Gasteiger partial charge on any atom is 0.414 e. The van der Waals surface area contributed by atoms with E-state index in [1.807, 2.05) is 0 Å². The fourth-order valence-corrected chi connectivity index (χ4v) is 3.11. The zero-order valence-electron chi connectivity index (χ0n) is 14.7. The summed E-state index contributed by atoms with van der Waals surface area (Å²) in [7, 11) is 0. The van der Waals surface area contributed by atoms with E-state index < -0.39 is 35.7 Å². The number of nitrogens with one attached hydrogen (secondary N) is 1. The second-order valence-electron chi connectivity index (χ2n) is 6.27. The first-order valence-electron chi connectivity index (χ1n) is 8.52. The number of hydrogen-bond acceptors (Lipinski definition) is 7. The Morgan fingerprint density at radius 2 is 1.93 bits per heavy atom. The van der Waals surface area contributed by atoms with Gasteiger partial charge in [0.05, 0.1) is 18.8 Å². The zero-order valence-corrected chi connectivity index (χ0v) is 14.7. The third-order valence-corrected chi connectivity index (χ3v) is 4.47. The number of aliphatic carboxylic acids is 1. The van der Waals surface area contributed by atoms with Crippen LogP contribution in [0.1, 0.15) is 0 Å². The Morgan fingerprint density at radius 1 is 1.25 bits per heavy atom. The monoisotopic (exact) mass is 399 g/mol. The molecular formula is C16H19F2N5O5. The summed E-state index contributed by atoms with van der Waals surface area (Å²) >= 11 is 0. The Kier molecular flexibility index (Phi) is 5.61. The summed E-state index contributed by atoms with van der Waals surface area (Å²) in [5, 5.41) is 9.66. The third-order valence-electron chi connectivity index (χ3n) is 4.47. The number of nitrogens with two attached hydrogens (primary N) is 1. The van der Waals surface area contributed by atoms with Crippen LogP contribution in [0.15, 0.2) is 12.1 Å². The number of nitrogens with zero attached hydrogens (tertiary/aromatic N) is 3. The van der Waals surface area contributed by atoms with Gasteiger partial charge in [0.15, 0.2) is 11.6 Å². The number of hydrogen-bond donors (Lipinski definition) is 3. The lowest BCUT2D eigenvalue weighted by atomic mass is 10.2.